The van der Waals surface area contributed by atoms with Gasteiger partial charge >= 0.3 is 0 Å². The molecular formula is C19H20FNOS. The van der Waals surface area contributed by atoms with Crippen molar-refractivity contribution in [1.82, 2.24) is 0 Å². The number of thioether (sulfide) groups is 1. The van der Waals surface area contributed by atoms with Crippen molar-refractivity contribution in [2.75, 3.05) is 10.7 Å². The molecule has 0 aromatic heterocycles. The molecule has 0 aliphatic carbocycles. The number of hydrogen-bond acceptors (Lipinski definition) is 2. The fourth-order valence-electron chi connectivity index (χ4n) is 3.00. The van der Waals surface area contributed by atoms with Crippen LogP contribution in [0.15, 0.2) is 48.5 Å². The van der Waals surface area contributed by atoms with Crippen LogP contribution in [-0.2, 0) is 17.0 Å². The van der Waals surface area contributed by atoms with E-state index in [1.807, 2.05) is 23.1 Å². The maximum atomic E-state index is 13.4. The fourth-order valence-corrected chi connectivity index (χ4v) is 3.84. The summed E-state index contributed by atoms with van der Waals surface area (Å²) in [6, 6.07) is 15.0. The average molecular weight is 329 g/mol. The predicted molar refractivity (Wildman–Crippen MR) is 94.3 cm³/mol. The lowest BCUT2D eigenvalue weighted by atomic mass is 9.96. The van der Waals surface area contributed by atoms with Crippen LogP contribution in [-0.4, -0.2) is 17.7 Å². The first-order valence-electron chi connectivity index (χ1n) is 7.87. The van der Waals surface area contributed by atoms with Gasteiger partial charge in [0.1, 0.15) is 5.82 Å². The lowest BCUT2D eigenvalue weighted by Gasteiger charge is -2.35. The third-order valence-electron chi connectivity index (χ3n) is 4.18. The summed E-state index contributed by atoms with van der Waals surface area (Å²) in [6.07, 6.45) is 1.71. The van der Waals surface area contributed by atoms with E-state index >= 15 is 0 Å². The number of amides is 1. The highest BCUT2D eigenvalue weighted by Gasteiger charge is 2.28. The molecule has 1 heterocycles. The SMILES string of the molecule is C[C@H]1CCc2cc(F)ccc2N1C(=O)CSCc1ccccc1. The van der Waals surface area contributed by atoms with Gasteiger partial charge in [-0.1, -0.05) is 30.3 Å². The molecule has 0 spiro atoms. The molecule has 1 amide bonds. The first kappa shape index (κ1) is 16.1. The zero-order valence-electron chi connectivity index (χ0n) is 13.2. The van der Waals surface area contributed by atoms with E-state index in [0.29, 0.717) is 5.75 Å². The van der Waals surface area contributed by atoms with E-state index in [-0.39, 0.29) is 17.8 Å². The van der Waals surface area contributed by atoms with Crippen molar-refractivity contribution >= 4 is 23.4 Å². The Hall–Kier alpha value is -1.81. The molecule has 0 saturated carbocycles. The largest absolute Gasteiger partial charge is 0.309 e. The molecule has 0 radical (unpaired) electrons. The maximum absolute atomic E-state index is 13.4. The van der Waals surface area contributed by atoms with Gasteiger partial charge in [0.15, 0.2) is 0 Å². The molecule has 0 saturated heterocycles. The number of nitrogens with zero attached hydrogens (tertiary/aromatic N) is 1. The quantitative estimate of drug-likeness (QED) is 0.827. The number of carbonyl (C=O) groups is 1. The minimum Gasteiger partial charge on any atom is -0.309 e. The maximum Gasteiger partial charge on any atom is 0.237 e. The van der Waals surface area contributed by atoms with Crippen molar-refractivity contribution in [2.24, 2.45) is 0 Å². The summed E-state index contributed by atoms with van der Waals surface area (Å²) in [7, 11) is 0. The first-order valence-corrected chi connectivity index (χ1v) is 9.03. The fraction of sp³-hybridized carbons (Fsp3) is 0.316. The molecule has 1 atom stereocenters. The van der Waals surface area contributed by atoms with Gasteiger partial charge in [-0.3, -0.25) is 4.79 Å². The van der Waals surface area contributed by atoms with Gasteiger partial charge in [0, 0.05) is 17.5 Å². The predicted octanol–water partition coefficient (Wildman–Crippen LogP) is 4.43. The van der Waals surface area contributed by atoms with E-state index in [0.717, 1.165) is 29.8 Å². The number of anilines is 1. The van der Waals surface area contributed by atoms with E-state index in [1.165, 1.54) is 11.6 Å². The van der Waals surface area contributed by atoms with Gasteiger partial charge < -0.3 is 4.90 Å². The topological polar surface area (TPSA) is 20.3 Å². The van der Waals surface area contributed by atoms with Crippen molar-refractivity contribution in [1.29, 1.82) is 0 Å². The standard InChI is InChI=1S/C19H20FNOS/c1-14-7-8-16-11-17(20)9-10-18(16)21(14)19(22)13-23-12-15-5-3-2-4-6-15/h2-6,9-11,14H,7-8,12-13H2,1H3/t14-/m0/s1. The van der Waals surface area contributed by atoms with Crippen molar-refractivity contribution in [3.8, 4) is 0 Å². The summed E-state index contributed by atoms with van der Waals surface area (Å²) < 4.78 is 13.4. The Morgan fingerprint density at radius 2 is 2.04 bits per heavy atom. The monoisotopic (exact) mass is 329 g/mol. The van der Waals surface area contributed by atoms with Gasteiger partial charge in [-0.15, -0.1) is 11.8 Å². The molecule has 0 N–H and O–H groups in total. The van der Waals surface area contributed by atoms with Crippen molar-refractivity contribution in [3.63, 3.8) is 0 Å². The van der Waals surface area contributed by atoms with Crippen LogP contribution in [0.25, 0.3) is 0 Å². The Kier molecular flexibility index (Phi) is 5.01. The lowest BCUT2D eigenvalue weighted by Crippen LogP contribution is -2.43. The van der Waals surface area contributed by atoms with Crippen molar-refractivity contribution in [2.45, 2.75) is 31.6 Å². The van der Waals surface area contributed by atoms with Crippen LogP contribution >= 0.6 is 11.8 Å². The Bertz CT molecular complexity index is 689. The van der Waals surface area contributed by atoms with Crippen LogP contribution in [0.4, 0.5) is 10.1 Å². The van der Waals surface area contributed by atoms with E-state index < -0.39 is 0 Å². The van der Waals surface area contributed by atoms with E-state index in [9.17, 15) is 9.18 Å². The first-order chi connectivity index (χ1) is 11.1. The smallest absolute Gasteiger partial charge is 0.237 e. The van der Waals surface area contributed by atoms with Gasteiger partial charge in [0.25, 0.3) is 0 Å². The number of rotatable bonds is 4. The van der Waals surface area contributed by atoms with E-state index in [2.05, 4.69) is 19.1 Å². The van der Waals surface area contributed by atoms with Crippen molar-refractivity contribution < 1.29 is 9.18 Å². The van der Waals surface area contributed by atoms with Crippen LogP contribution in [0.5, 0.6) is 0 Å². The van der Waals surface area contributed by atoms with E-state index in [1.54, 1.807) is 23.9 Å². The molecule has 2 aromatic rings. The molecule has 3 rings (SSSR count). The molecule has 0 bridgehead atoms. The van der Waals surface area contributed by atoms with Crippen LogP contribution in [0, 0.1) is 5.82 Å². The third kappa shape index (κ3) is 3.75. The number of fused-ring (bicyclic) bond motifs is 1. The second kappa shape index (κ2) is 7.18. The molecule has 0 fully saturated rings. The molecular weight excluding hydrogens is 309 g/mol. The molecule has 2 nitrogen and oxygen atoms in total. The molecule has 23 heavy (non-hydrogen) atoms. The summed E-state index contributed by atoms with van der Waals surface area (Å²) in [6.45, 7) is 2.06. The Morgan fingerprint density at radius 1 is 1.26 bits per heavy atom. The highest BCUT2D eigenvalue weighted by molar-refractivity contribution is 7.99. The minimum absolute atomic E-state index is 0.103. The van der Waals surface area contributed by atoms with Crippen LogP contribution in [0.3, 0.4) is 0 Å². The minimum atomic E-state index is -0.232. The Morgan fingerprint density at radius 3 is 2.83 bits per heavy atom. The van der Waals surface area contributed by atoms with Crippen LogP contribution < -0.4 is 4.90 Å². The molecule has 4 heteroatoms. The zero-order valence-corrected chi connectivity index (χ0v) is 14.0. The highest BCUT2D eigenvalue weighted by atomic mass is 32.2. The van der Waals surface area contributed by atoms with Gasteiger partial charge in [-0.25, -0.2) is 4.39 Å². The van der Waals surface area contributed by atoms with Gasteiger partial charge in [-0.05, 0) is 49.1 Å². The molecule has 120 valence electrons. The number of benzene rings is 2. The summed E-state index contributed by atoms with van der Waals surface area (Å²) in [4.78, 5) is 14.5. The number of carbonyl (C=O) groups excluding carboxylic acids is 1. The molecule has 0 unspecified atom stereocenters. The molecule has 1 aliphatic heterocycles. The second-order valence-corrected chi connectivity index (χ2v) is 6.89. The lowest BCUT2D eigenvalue weighted by molar-refractivity contribution is -0.116. The molecule has 2 aromatic carbocycles. The second-order valence-electron chi connectivity index (χ2n) is 5.90. The van der Waals surface area contributed by atoms with E-state index in [4.69, 9.17) is 0 Å². The van der Waals surface area contributed by atoms with Gasteiger partial charge in [-0.2, -0.15) is 0 Å². The third-order valence-corrected chi connectivity index (χ3v) is 5.17. The highest BCUT2D eigenvalue weighted by Crippen LogP contribution is 2.32. The zero-order chi connectivity index (χ0) is 16.2. The number of hydrogen-bond donors (Lipinski definition) is 0. The van der Waals surface area contributed by atoms with Crippen LogP contribution in [0.2, 0.25) is 0 Å². The van der Waals surface area contributed by atoms with Gasteiger partial charge in [0.2, 0.25) is 5.91 Å². The van der Waals surface area contributed by atoms with Gasteiger partial charge in [0.05, 0.1) is 5.75 Å². The normalized spacial score (nSPS) is 17.0. The summed E-state index contributed by atoms with van der Waals surface area (Å²) >= 11 is 1.62. The summed E-state index contributed by atoms with van der Waals surface area (Å²) in [5.74, 6) is 1.14. The number of aryl methyl sites for hydroxylation is 1. The average Bonchev–Trinajstić information content (AvgIpc) is 2.56. The van der Waals surface area contributed by atoms with Crippen LogP contribution in [0.1, 0.15) is 24.5 Å². The Balaban J connectivity index is 1.67. The summed E-state index contributed by atoms with van der Waals surface area (Å²) in [5, 5.41) is 0. The number of halogens is 1. The molecule has 1 aliphatic rings. The Labute approximate surface area is 140 Å². The van der Waals surface area contributed by atoms with Crippen molar-refractivity contribution in [3.05, 3.63) is 65.5 Å². The summed E-state index contributed by atoms with van der Waals surface area (Å²) in [5.41, 5.74) is 3.03.